The number of fused-ring (bicyclic) bond motifs is 1. The molecule has 0 radical (unpaired) electrons. The number of ether oxygens (including phenoxy) is 1. The molecule has 0 aliphatic carbocycles. The van der Waals surface area contributed by atoms with Crippen LogP contribution in [0.3, 0.4) is 0 Å². The van der Waals surface area contributed by atoms with Crippen molar-refractivity contribution >= 4 is 0 Å². The van der Waals surface area contributed by atoms with E-state index in [0.29, 0.717) is 5.92 Å². The first-order valence-corrected chi connectivity index (χ1v) is 4.40. The van der Waals surface area contributed by atoms with Gasteiger partial charge < -0.3 is 10.5 Å². The highest BCUT2D eigenvalue weighted by atomic mass is 16.5. The van der Waals surface area contributed by atoms with Crippen LogP contribution in [0.5, 0.6) is 5.75 Å². The molecule has 0 fully saturated rings. The summed E-state index contributed by atoms with van der Waals surface area (Å²) in [6.45, 7) is 1.80. The summed E-state index contributed by atoms with van der Waals surface area (Å²) in [7, 11) is 0. The molecule has 1 aliphatic heterocycles. The standard InChI is InChI=1S/C10H13NO/c11-6-8-5-9-3-1-2-4-10(9)12-7-8/h1-4,8H,5-7,11H2/p+1/t8-/m0/s1. The lowest BCUT2D eigenvalue weighted by molar-refractivity contribution is -0.380. The Labute approximate surface area is 72.3 Å². The molecular formula is C10H14NO+. The monoisotopic (exact) mass is 164 g/mol. The van der Waals surface area contributed by atoms with Crippen LogP contribution in [0, 0.1) is 5.92 Å². The number of hydrogen-bond acceptors (Lipinski definition) is 1. The van der Waals surface area contributed by atoms with Crippen molar-refractivity contribution < 1.29 is 10.5 Å². The average Bonchev–Trinajstić information content (AvgIpc) is 2.17. The van der Waals surface area contributed by atoms with Crippen LogP contribution >= 0.6 is 0 Å². The number of rotatable bonds is 1. The fourth-order valence-electron chi connectivity index (χ4n) is 1.58. The third-order valence-corrected chi connectivity index (χ3v) is 2.36. The van der Waals surface area contributed by atoms with E-state index in [1.165, 1.54) is 5.56 Å². The predicted octanol–water partition coefficient (Wildman–Crippen LogP) is 0.480. The van der Waals surface area contributed by atoms with Crippen LogP contribution in [0.2, 0.25) is 0 Å². The Morgan fingerprint density at radius 3 is 3.08 bits per heavy atom. The van der Waals surface area contributed by atoms with Crippen molar-refractivity contribution in [1.82, 2.24) is 0 Å². The maximum atomic E-state index is 5.59. The van der Waals surface area contributed by atoms with Crippen molar-refractivity contribution in [1.29, 1.82) is 0 Å². The first-order chi connectivity index (χ1) is 5.90. The molecule has 2 heteroatoms. The second-order valence-corrected chi connectivity index (χ2v) is 3.28. The summed E-state index contributed by atoms with van der Waals surface area (Å²) in [6.07, 6.45) is 1.12. The molecule has 1 heterocycles. The van der Waals surface area contributed by atoms with E-state index in [-0.39, 0.29) is 0 Å². The minimum atomic E-state index is 0.611. The highest BCUT2D eigenvalue weighted by molar-refractivity contribution is 5.34. The molecule has 2 rings (SSSR count). The SMILES string of the molecule is [NH3+]C[C@H]1COc2ccccc2C1. The van der Waals surface area contributed by atoms with Gasteiger partial charge in [0.25, 0.3) is 0 Å². The predicted molar refractivity (Wildman–Crippen MR) is 46.9 cm³/mol. The maximum Gasteiger partial charge on any atom is 0.122 e. The van der Waals surface area contributed by atoms with Crippen LogP contribution in [0.15, 0.2) is 24.3 Å². The molecule has 0 saturated heterocycles. The molecule has 0 bridgehead atoms. The fourth-order valence-corrected chi connectivity index (χ4v) is 1.58. The number of hydrogen-bond donors (Lipinski definition) is 1. The molecule has 0 aromatic heterocycles. The first-order valence-electron chi connectivity index (χ1n) is 4.40. The summed E-state index contributed by atoms with van der Waals surface area (Å²) >= 11 is 0. The molecule has 1 aliphatic rings. The van der Waals surface area contributed by atoms with Gasteiger partial charge in [-0.15, -0.1) is 0 Å². The Balaban J connectivity index is 2.23. The lowest BCUT2D eigenvalue weighted by Gasteiger charge is -2.22. The van der Waals surface area contributed by atoms with Crippen molar-refractivity contribution in [2.45, 2.75) is 6.42 Å². The molecule has 0 unspecified atom stereocenters. The molecular weight excluding hydrogens is 150 g/mol. The minimum Gasteiger partial charge on any atom is -0.493 e. The topological polar surface area (TPSA) is 36.9 Å². The second-order valence-electron chi connectivity index (χ2n) is 3.28. The van der Waals surface area contributed by atoms with E-state index in [1.54, 1.807) is 0 Å². The molecule has 1 aromatic rings. The maximum absolute atomic E-state index is 5.59. The van der Waals surface area contributed by atoms with E-state index in [9.17, 15) is 0 Å². The molecule has 0 amide bonds. The van der Waals surface area contributed by atoms with E-state index in [0.717, 1.165) is 25.3 Å². The minimum absolute atomic E-state index is 0.611. The second kappa shape index (κ2) is 3.15. The van der Waals surface area contributed by atoms with Crippen molar-refractivity contribution in [2.24, 2.45) is 5.92 Å². The van der Waals surface area contributed by atoms with Gasteiger partial charge in [0.05, 0.1) is 13.2 Å². The van der Waals surface area contributed by atoms with E-state index < -0.39 is 0 Å². The van der Waals surface area contributed by atoms with Crippen LogP contribution in [0.1, 0.15) is 5.56 Å². The Bertz CT molecular complexity index is 272. The Morgan fingerprint density at radius 2 is 2.25 bits per heavy atom. The smallest absolute Gasteiger partial charge is 0.122 e. The van der Waals surface area contributed by atoms with Gasteiger partial charge >= 0.3 is 0 Å². The fraction of sp³-hybridized carbons (Fsp3) is 0.400. The molecule has 1 aromatic carbocycles. The molecule has 1 atom stereocenters. The van der Waals surface area contributed by atoms with Gasteiger partial charge in [-0.3, -0.25) is 0 Å². The highest BCUT2D eigenvalue weighted by Crippen LogP contribution is 2.25. The number of quaternary nitrogens is 1. The molecule has 0 spiro atoms. The third kappa shape index (κ3) is 1.30. The summed E-state index contributed by atoms with van der Waals surface area (Å²) in [5, 5.41) is 0. The summed E-state index contributed by atoms with van der Waals surface area (Å²) in [5.41, 5.74) is 5.23. The van der Waals surface area contributed by atoms with Crippen molar-refractivity contribution in [3.8, 4) is 5.75 Å². The number of benzene rings is 1. The molecule has 12 heavy (non-hydrogen) atoms. The normalized spacial score (nSPS) is 21.2. The summed E-state index contributed by atoms with van der Waals surface area (Å²) in [6, 6.07) is 8.25. The lowest BCUT2D eigenvalue weighted by Crippen LogP contribution is -2.55. The van der Waals surface area contributed by atoms with Crippen LogP contribution in [-0.4, -0.2) is 13.2 Å². The van der Waals surface area contributed by atoms with Gasteiger partial charge in [0.1, 0.15) is 5.75 Å². The van der Waals surface area contributed by atoms with Gasteiger partial charge in [0, 0.05) is 5.92 Å². The number of para-hydroxylation sites is 1. The largest absolute Gasteiger partial charge is 0.493 e. The lowest BCUT2D eigenvalue weighted by atomic mass is 9.97. The van der Waals surface area contributed by atoms with Crippen molar-refractivity contribution in [3.63, 3.8) is 0 Å². The van der Waals surface area contributed by atoms with Crippen LogP contribution < -0.4 is 10.5 Å². The Morgan fingerprint density at radius 1 is 1.42 bits per heavy atom. The third-order valence-electron chi connectivity index (χ3n) is 2.36. The van der Waals surface area contributed by atoms with Crippen LogP contribution in [0.4, 0.5) is 0 Å². The van der Waals surface area contributed by atoms with Crippen LogP contribution in [0.25, 0.3) is 0 Å². The highest BCUT2D eigenvalue weighted by Gasteiger charge is 2.18. The molecule has 3 N–H and O–H groups in total. The van der Waals surface area contributed by atoms with E-state index in [4.69, 9.17) is 4.74 Å². The van der Waals surface area contributed by atoms with Crippen molar-refractivity contribution in [3.05, 3.63) is 29.8 Å². The van der Waals surface area contributed by atoms with E-state index >= 15 is 0 Å². The summed E-state index contributed by atoms with van der Waals surface area (Å²) < 4.78 is 5.59. The zero-order valence-corrected chi connectivity index (χ0v) is 7.12. The van der Waals surface area contributed by atoms with E-state index in [2.05, 4.69) is 17.9 Å². The van der Waals surface area contributed by atoms with Gasteiger partial charge in [-0.2, -0.15) is 0 Å². The Hall–Kier alpha value is -1.02. The first kappa shape index (κ1) is 7.62. The quantitative estimate of drug-likeness (QED) is 0.644. The van der Waals surface area contributed by atoms with Gasteiger partial charge in [-0.25, -0.2) is 0 Å². The summed E-state index contributed by atoms with van der Waals surface area (Å²) in [4.78, 5) is 0. The zero-order chi connectivity index (χ0) is 8.39. The van der Waals surface area contributed by atoms with Gasteiger partial charge in [-0.05, 0) is 18.1 Å². The molecule has 2 nitrogen and oxygen atoms in total. The van der Waals surface area contributed by atoms with Gasteiger partial charge in [-0.1, -0.05) is 18.2 Å². The van der Waals surface area contributed by atoms with E-state index in [1.807, 2.05) is 12.1 Å². The van der Waals surface area contributed by atoms with Gasteiger partial charge in [0.2, 0.25) is 0 Å². The zero-order valence-electron chi connectivity index (χ0n) is 7.12. The van der Waals surface area contributed by atoms with Crippen LogP contribution in [-0.2, 0) is 6.42 Å². The average molecular weight is 164 g/mol. The Kier molecular flexibility index (Phi) is 2.00. The van der Waals surface area contributed by atoms with Gasteiger partial charge in [0.15, 0.2) is 0 Å². The summed E-state index contributed by atoms with van der Waals surface area (Å²) in [5.74, 6) is 1.67. The molecule has 64 valence electrons. The van der Waals surface area contributed by atoms with Crippen molar-refractivity contribution in [2.75, 3.05) is 13.2 Å². The molecule has 0 saturated carbocycles.